The lowest BCUT2D eigenvalue weighted by Gasteiger charge is -2.06. The molecule has 0 bridgehead atoms. The number of hydrogen-bond donors (Lipinski definition) is 1. The van der Waals surface area contributed by atoms with E-state index in [1.54, 1.807) is 30.3 Å². The van der Waals surface area contributed by atoms with E-state index in [1.165, 1.54) is 6.07 Å². The van der Waals surface area contributed by atoms with Crippen molar-refractivity contribution in [3.8, 4) is 0 Å². The molecule has 2 aromatic rings. The van der Waals surface area contributed by atoms with E-state index < -0.39 is 0 Å². The predicted octanol–water partition coefficient (Wildman–Crippen LogP) is 4.38. The number of rotatable bonds is 2. The summed E-state index contributed by atoms with van der Waals surface area (Å²) in [5, 5.41) is 3.21. The highest BCUT2D eigenvalue weighted by Gasteiger charge is 2.03. The quantitative estimate of drug-likeness (QED) is 0.833. The van der Waals surface area contributed by atoms with Crippen LogP contribution in [-0.2, 0) is 0 Å². The summed E-state index contributed by atoms with van der Waals surface area (Å²) in [6.45, 7) is 0. The Morgan fingerprint density at radius 3 is 2.75 bits per heavy atom. The van der Waals surface area contributed by atoms with Crippen LogP contribution in [0.1, 0.15) is 0 Å². The molecule has 0 aliphatic carbocycles. The van der Waals surface area contributed by atoms with E-state index in [9.17, 15) is 4.39 Å². The SMILES string of the molecule is Fc1cc(Br)ccc1Nc1cccc(Cl)n1. The van der Waals surface area contributed by atoms with E-state index in [0.29, 0.717) is 21.1 Å². The minimum absolute atomic E-state index is 0.351. The largest absolute Gasteiger partial charge is 0.338 e. The number of nitrogens with one attached hydrogen (secondary N) is 1. The van der Waals surface area contributed by atoms with Crippen molar-refractivity contribution in [2.45, 2.75) is 0 Å². The first-order chi connectivity index (χ1) is 7.65. The van der Waals surface area contributed by atoms with Gasteiger partial charge in [-0.1, -0.05) is 33.6 Å². The number of pyridine rings is 1. The van der Waals surface area contributed by atoms with Gasteiger partial charge in [0.1, 0.15) is 16.8 Å². The van der Waals surface area contributed by atoms with Crippen molar-refractivity contribution in [1.29, 1.82) is 0 Å². The van der Waals surface area contributed by atoms with Crippen molar-refractivity contribution in [3.05, 3.63) is 51.8 Å². The van der Waals surface area contributed by atoms with Crippen molar-refractivity contribution in [1.82, 2.24) is 4.98 Å². The predicted molar refractivity (Wildman–Crippen MR) is 66.6 cm³/mol. The fourth-order valence-corrected chi connectivity index (χ4v) is 1.70. The van der Waals surface area contributed by atoms with Crippen molar-refractivity contribution in [2.24, 2.45) is 0 Å². The van der Waals surface area contributed by atoms with Crippen LogP contribution in [0.5, 0.6) is 0 Å². The molecule has 0 amide bonds. The number of anilines is 2. The molecule has 0 unspecified atom stereocenters. The lowest BCUT2D eigenvalue weighted by atomic mass is 10.3. The van der Waals surface area contributed by atoms with Gasteiger partial charge in [-0.05, 0) is 30.3 Å². The van der Waals surface area contributed by atoms with Gasteiger partial charge in [0.15, 0.2) is 0 Å². The van der Waals surface area contributed by atoms with Gasteiger partial charge in [-0.3, -0.25) is 0 Å². The van der Waals surface area contributed by atoms with Gasteiger partial charge in [-0.15, -0.1) is 0 Å². The maximum absolute atomic E-state index is 13.5. The molecule has 82 valence electrons. The van der Waals surface area contributed by atoms with Crippen LogP contribution < -0.4 is 5.32 Å². The van der Waals surface area contributed by atoms with Crippen molar-refractivity contribution in [2.75, 3.05) is 5.32 Å². The number of halogens is 3. The topological polar surface area (TPSA) is 24.9 Å². The van der Waals surface area contributed by atoms with E-state index in [2.05, 4.69) is 26.2 Å². The van der Waals surface area contributed by atoms with Gasteiger partial charge in [0.05, 0.1) is 5.69 Å². The summed E-state index contributed by atoms with van der Waals surface area (Å²) in [4.78, 5) is 4.01. The van der Waals surface area contributed by atoms with Gasteiger partial charge in [0.2, 0.25) is 0 Å². The first-order valence-corrected chi connectivity index (χ1v) is 5.67. The van der Waals surface area contributed by atoms with Gasteiger partial charge in [-0.25, -0.2) is 9.37 Å². The van der Waals surface area contributed by atoms with Gasteiger partial charge in [0.25, 0.3) is 0 Å². The van der Waals surface area contributed by atoms with Crippen LogP contribution in [0.25, 0.3) is 0 Å². The summed E-state index contributed by atoms with van der Waals surface area (Å²) in [6.07, 6.45) is 0. The Kier molecular flexibility index (Phi) is 3.41. The Labute approximate surface area is 106 Å². The summed E-state index contributed by atoms with van der Waals surface area (Å²) in [5.41, 5.74) is 0.359. The van der Waals surface area contributed by atoms with Crippen molar-refractivity contribution in [3.63, 3.8) is 0 Å². The molecular formula is C11H7BrClFN2. The second-order valence-electron chi connectivity index (χ2n) is 3.09. The molecule has 0 aliphatic heterocycles. The number of hydrogen-bond acceptors (Lipinski definition) is 2. The Morgan fingerprint density at radius 2 is 2.06 bits per heavy atom. The van der Waals surface area contributed by atoms with E-state index in [-0.39, 0.29) is 5.82 Å². The maximum Gasteiger partial charge on any atom is 0.147 e. The molecule has 1 aromatic carbocycles. The monoisotopic (exact) mass is 300 g/mol. The Morgan fingerprint density at radius 1 is 1.25 bits per heavy atom. The fourth-order valence-electron chi connectivity index (χ4n) is 1.21. The molecule has 0 saturated heterocycles. The molecule has 0 fully saturated rings. The molecule has 1 N–H and O–H groups in total. The minimum Gasteiger partial charge on any atom is -0.338 e. The number of benzene rings is 1. The van der Waals surface area contributed by atoms with Gasteiger partial charge in [0, 0.05) is 4.47 Å². The van der Waals surface area contributed by atoms with Crippen LogP contribution in [0, 0.1) is 5.82 Å². The van der Waals surface area contributed by atoms with Gasteiger partial charge in [-0.2, -0.15) is 0 Å². The molecule has 0 spiro atoms. The standard InChI is InChI=1S/C11H7BrClFN2/c12-7-4-5-9(8(14)6-7)15-11-3-1-2-10(13)16-11/h1-6H,(H,15,16). The van der Waals surface area contributed by atoms with E-state index in [1.807, 2.05) is 0 Å². The molecular weight excluding hydrogens is 294 g/mol. The second kappa shape index (κ2) is 4.80. The van der Waals surface area contributed by atoms with Crippen LogP contribution in [0.4, 0.5) is 15.9 Å². The maximum atomic E-state index is 13.5. The van der Waals surface area contributed by atoms with Crippen molar-refractivity contribution < 1.29 is 4.39 Å². The summed E-state index contributed by atoms with van der Waals surface area (Å²) in [7, 11) is 0. The van der Waals surface area contributed by atoms with E-state index in [4.69, 9.17) is 11.6 Å². The highest BCUT2D eigenvalue weighted by atomic mass is 79.9. The second-order valence-corrected chi connectivity index (χ2v) is 4.40. The smallest absolute Gasteiger partial charge is 0.147 e. The normalized spacial score (nSPS) is 10.2. The average molecular weight is 302 g/mol. The van der Waals surface area contributed by atoms with Gasteiger partial charge < -0.3 is 5.32 Å². The zero-order valence-corrected chi connectivity index (χ0v) is 10.4. The van der Waals surface area contributed by atoms with Gasteiger partial charge >= 0.3 is 0 Å². The van der Waals surface area contributed by atoms with Crippen molar-refractivity contribution >= 4 is 39.0 Å². The summed E-state index contributed by atoms with van der Waals surface area (Å²) in [5.74, 6) is 0.157. The van der Waals surface area contributed by atoms with Crippen LogP contribution in [0.2, 0.25) is 5.15 Å². The molecule has 0 radical (unpaired) electrons. The minimum atomic E-state index is -0.351. The highest BCUT2D eigenvalue weighted by molar-refractivity contribution is 9.10. The lowest BCUT2D eigenvalue weighted by Crippen LogP contribution is -1.95. The lowest BCUT2D eigenvalue weighted by molar-refractivity contribution is 0.631. The zero-order chi connectivity index (χ0) is 11.5. The summed E-state index contributed by atoms with van der Waals surface area (Å²) < 4.78 is 14.2. The molecule has 16 heavy (non-hydrogen) atoms. The third-order valence-electron chi connectivity index (χ3n) is 1.91. The molecule has 0 aliphatic rings. The summed E-state index contributed by atoms with van der Waals surface area (Å²) in [6, 6.07) is 9.87. The zero-order valence-electron chi connectivity index (χ0n) is 8.05. The third-order valence-corrected chi connectivity index (χ3v) is 2.61. The van der Waals surface area contributed by atoms with E-state index >= 15 is 0 Å². The van der Waals surface area contributed by atoms with Crippen LogP contribution >= 0.6 is 27.5 Å². The van der Waals surface area contributed by atoms with E-state index in [0.717, 1.165) is 0 Å². The Balaban J connectivity index is 2.27. The first kappa shape index (κ1) is 11.4. The number of nitrogens with zero attached hydrogens (tertiary/aromatic N) is 1. The van der Waals surface area contributed by atoms with Crippen LogP contribution in [0.3, 0.4) is 0 Å². The van der Waals surface area contributed by atoms with Crippen LogP contribution in [-0.4, -0.2) is 4.98 Å². The Hall–Kier alpha value is -1.13. The average Bonchev–Trinajstić information content (AvgIpc) is 2.22. The molecule has 1 aromatic heterocycles. The third kappa shape index (κ3) is 2.71. The van der Waals surface area contributed by atoms with Crippen LogP contribution in [0.15, 0.2) is 40.9 Å². The molecule has 5 heteroatoms. The molecule has 2 rings (SSSR count). The fraction of sp³-hybridized carbons (Fsp3) is 0. The number of aromatic nitrogens is 1. The molecule has 0 atom stereocenters. The summed E-state index contributed by atoms with van der Waals surface area (Å²) >= 11 is 8.91. The molecule has 0 saturated carbocycles. The highest BCUT2D eigenvalue weighted by Crippen LogP contribution is 2.22. The first-order valence-electron chi connectivity index (χ1n) is 4.50. The Bertz CT molecular complexity index is 519. The molecule has 2 nitrogen and oxygen atoms in total. The molecule has 1 heterocycles.